The highest BCUT2D eigenvalue weighted by molar-refractivity contribution is 9.10. The zero-order valence-electron chi connectivity index (χ0n) is 13.5. The molecule has 2 N–H and O–H groups in total. The van der Waals surface area contributed by atoms with Crippen LogP contribution in [0.5, 0.6) is 0 Å². The minimum atomic E-state index is -0.779. The number of hydrogen-bond acceptors (Lipinski definition) is 4. The maximum absolute atomic E-state index is 12.6. The molecule has 1 fully saturated rings. The highest BCUT2D eigenvalue weighted by Crippen LogP contribution is 2.39. The smallest absolute Gasteiger partial charge is 0.295 e. The van der Waals surface area contributed by atoms with E-state index in [1.165, 1.54) is 4.90 Å². The van der Waals surface area contributed by atoms with Gasteiger partial charge in [-0.1, -0.05) is 39.7 Å². The van der Waals surface area contributed by atoms with E-state index >= 15 is 0 Å². The van der Waals surface area contributed by atoms with Gasteiger partial charge in [-0.05, 0) is 42.0 Å². The van der Waals surface area contributed by atoms with Gasteiger partial charge in [0.1, 0.15) is 5.76 Å². The highest BCUT2D eigenvalue weighted by atomic mass is 79.9. The van der Waals surface area contributed by atoms with Crippen molar-refractivity contribution in [1.29, 1.82) is 0 Å². The molecule has 0 spiro atoms. The van der Waals surface area contributed by atoms with Gasteiger partial charge in [0.05, 0.1) is 18.2 Å². The molecule has 1 aliphatic rings. The summed E-state index contributed by atoms with van der Waals surface area (Å²) in [4.78, 5) is 26.3. The quantitative estimate of drug-likeness (QED) is 0.437. The molecular formula is C19H15BrClNO4. The summed E-state index contributed by atoms with van der Waals surface area (Å²) in [7, 11) is 0. The maximum Gasteiger partial charge on any atom is 0.295 e. The standard InChI is InChI=1S/C19H15BrClNO4/c20-13-5-1-11(2-6-13)16-15(18(25)19(26)22(16)9-10-23)17(24)12-3-7-14(21)8-4-12/h1-8,16,23-24H,9-10H2/t16-/m0/s1. The van der Waals surface area contributed by atoms with Gasteiger partial charge in [-0.15, -0.1) is 0 Å². The third-order valence-electron chi connectivity index (χ3n) is 4.18. The summed E-state index contributed by atoms with van der Waals surface area (Å²) in [5.74, 6) is -1.80. The fourth-order valence-corrected chi connectivity index (χ4v) is 3.36. The Morgan fingerprint density at radius 3 is 2.27 bits per heavy atom. The van der Waals surface area contributed by atoms with Crippen molar-refractivity contribution in [2.24, 2.45) is 0 Å². The number of carbonyl (C=O) groups is 2. The van der Waals surface area contributed by atoms with Crippen LogP contribution < -0.4 is 0 Å². The van der Waals surface area contributed by atoms with Crippen LogP contribution in [-0.2, 0) is 9.59 Å². The summed E-state index contributed by atoms with van der Waals surface area (Å²) < 4.78 is 0.845. The Labute approximate surface area is 163 Å². The van der Waals surface area contributed by atoms with E-state index in [4.69, 9.17) is 11.6 Å². The molecule has 0 radical (unpaired) electrons. The molecule has 2 aromatic carbocycles. The number of amides is 1. The molecule has 5 nitrogen and oxygen atoms in total. The van der Waals surface area contributed by atoms with Gasteiger partial charge in [0.15, 0.2) is 0 Å². The van der Waals surface area contributed by atoms with E-state index in [-0.39, 0.29) is 24.5 Å². The second kappa shape index (κ2) is 7.61. The van der Waals surface area contributed by atoms with Crippen LogP contribution in [0, 0.1) is 0 Å². The first kappa shape index (κ1) is 18.6. The lowest BCUT2D eigenvalue weighted by Crippen LogP contribution is -2.32. The molecular weight excluding hydrogens is 422 g/mol. The summed E-state index contributed by atoms with van der Waals surface area (Å²) in [6.07, 6.45) is 0. The van der Waals surface area contributed by atoms with Crippen molar-refractivity contribution in [3.63, 3.8) is 0 Å². The van der Waals surface area contributed by atoms with Gasteiger partial charge < -0.3 is 15.1 Å². The number of benzene rings is 2. The van der Waals surface area contributed by atoms with Gasteiger partial charge in [0, 0.05) is 21.6 Å². The lowest BCUT2D eigenvalue weighted by molar-refractivity contribution is -0.140. The number of Topliss-reactive ketones (excluding diaryl/α,β-unsaturated/α-hetero) is 1. The van der Waals surface area contributed by atoms with E-state index in [1.54, 1.807) is 48.5 Å². The normalized spacial score (nSPS) is 19.2. The van der Waals surface area contributed by atoms with Crippen LogP contribution in [0.3, 0.4) is 0 Å². The molecule has 0 bridgehead atoms. The van der Waals surface area contributed by atoms with E-state index in [9.17, 15) is 19.8 Å². The van der Waals surface area contributed by atoms with Crippen molar-refractivity contribution in [3.8, 4) is 0 Å². The van der Waals surface area contributed by atoms with Crippen molar-refractivity contribution in [3.05, 3.63) is 74.7 Å². The Morgan fingerprint density at radius 1 is 1.08 bits per heavy atom. The topological polar surface area (TPSA) is 77.8 Å². The number of aliphatic hydroxyl groups excluding tert-OH is 2. The molecule has 26 heavy (non-hydrogen) atoms. The summed E-state index contributed by atoms with van der Waals surface area (Å²) in [5.41, 5.74) is 1.04. The van der Waals surface area contributed by atoms with Gasteiger partial charge in [-0.3, -0.25) is 9.59 Å². The lowest BCUT2D eigenvalue weighted by Gasteiger charge is -2.24. The number of nitrogens with zero attached hydrogens (tertiary/aromatic N) is 1. The number of rotatable bonds is 4. The van der Waals surface area contributed by atoms with Crippen LogP contribution in [0.25, 0.3) is 5.76 Å². The molecule has 0 saturated carbocycles. The van der Waals surface area contributed by atoms with Crippen molar-refractivity contribution in [2.45, 2.75) is 6.04 Å². The first-order valence-corrected chi connectivity index (χ1v) is 9.02. The second-order valence-electron chi connectivity index (χ2n) is 5.77. The van der Waals surface area contributed by atoms with Crippen LogP contribution in [0.2, 0.25) is 5.02 Å². The average molecular weight is 437 g/mol. The maximum atomic E-state index is 12.6. The number of β-amino-alcohol motifs (C(OH)–C–C–N with tert-alkyl or cyclic N) is 1. The Hall–Kier alpha value is -2.15. The summed E-state index contributed by atoms with van der Waals surface area (Å²) in [6.45, 7) is -0.302. The number of likely N-dealkylation sites (tertiary alicyclic amines) is 1. The number of aliphatic hydroxyl groups is 2. The van der Waals surface area contributed by atoms with Gasteiger partial charge in [0.2, 0.25) is 0 Å². The van der Waals surface area contributed by atoms with Crippen LogP contribution in [0.4, 0.5) is 0 Å². The molecule has 1 heterocycles. The van der Waals surface area contributed by atoms with Crippen molar-refractivity contribution < 1.29 is 19.8 Å². The number of hydrogen-bond donors (Lipinski definition) is 2. The summed E-state index contributed by atoms with van der Waals surface area (Å²) in [5, 5.41) is 20.5. The molecule has 3 rings (SSSR count). The summed E-state index contributed by atoms with van der Waals surface area (Å²) in [6, 6.07) is 12.7. The van der Waals surface area contributed by atoms with Crippen molar-refractivity contribution >= 4 is 45.0 Å². The third kappa shape index (κ3) is 3.40. The van der Waals surface area contributed by atoms with Gasteiger partial charge >= 0.3 is 0 Å². The number of carbonyl (C=O) groups excluding carboxylic acids is 2. The molecule has 0 aromatic heterocycles. The molecule has 0 aliphatic carbocycles. The highest BCUT2D eigenvalue weighted by Gasteiger charge is 2.45. The predicted octanol–water partition coefficient (Wildman–Crippen LogP) is 3.52. The first-order valence-electron chi connectivity index (χ1n) is 7.84. The lowest BCUT2D eigenvalue weighted by atomic mass is 9.95. The van der Waals surface area contributed by atoms with Crippen LogP contribution >= 0.6 is 27.5 Å². The fraction of sp³-hybridized carbons (Fsp3) is 0.158. The predicted molar refractivity (Wildman–Crippen MR) is 102 cm³/mol. The first-order chi connectivity index (χ1) is 12.4. The van der Waals surface area contributed by atoms with Gasteiger partial charge in [-0.2, -0.15) is 0 Å². The van der Waals surface area contributed by atoms with E-state index in [1.807, 2.05) is 0 Å². The van der Waals surface area contributed by atoms with Gasteiger partial charge in [-0.25, -0.2) is 0 Å². The van der Waals surface area contributed by atoms with E-state index in [2.05, 4.69) is 15.9 Å². The molecule has 1 atom stereocenters. The molecule has 7 heteroatoms. The molecule has 1 amide bonds. The Morgan fingerprint density at radius 2 is 1.69 bits per heavy atom. The Balaban J connectivity index is 2.17. The zero-order chi connectivity index (χ0) is 18.8. The monoisotopic (exact) mass is 435 g/mol. The van der Waals surface area contributed by atoms with Gasteiger partial charge in [0.25, 0.3) is 11.7 Å². The molecule has 1 saturated heterocycles. The number of halogens is 2. The molecule has 0 unspecified atom stereocenters. The second-order valence-corrected chi connectivity index (χ2v) is 7.13. The Kier molecular flexibility index (Phi) is 5.46. The average Bonchev–Trinajstić information content (AvgIpc) is 2.88. The van der Waals surface area contributed by atoms with Crippen molar-refractivity contribution in [2.75, 3.05) is 13.2 Å². The number of ketones is 1. The minimum absolute atomic E-state index is 0.00639. The Bertz CT molecular complexity index is 877. The molecule has 1 aliphatic heterocycles. The minimum Gasteiger partial charge on any atom is -0.507 e. The van der Waals surface area contributed by atoms with Crippen molar-refractivity contribution in [1.82, 2.24) is 4.90 Å². The molecule has 134 valence electrons. The SMILES string of the molecule is O=C1C(=O)N(CCO)[C@@H](c2ccc(Br)cc2)C1=C(O)c1ccc(Cl)cc1. The largest absolute Gasteiger partial charge is 0.507 e. The van der Waals surface area contributed by atoms with Crippen LogP contribution in [0.1, 0.15) is 17.2 Å². The van der Waals surface area contributed by atoms with Crippen LogP contribution in [-0.4, -0.2) is 40.0 Å². The van der Waals surface area contributed by atoms with E-state index < -0.39 is 17.7 Å². The van der Waals surface area contributed by atoms with E-state index in [0.717, 1.165) is 4.47 Å². The fourth-order valence-electron chi connectivity index (χ4n) is 2.97. The zero-order valence-corrected chi connectivity index (χ0v) is 15.9. The molecule has 2 aromatic rings. The van der Waals surface area contributed by atoms with Crippen LogP contribution in [0.15, 0.2) is 58.6 Å². The summed E-state index contributed by atoms with van der Waals surface area (Å²) >= 11 is 9.22. The third-order valence-corrected chi connectivity index (χ3v) is 4.96. The van der Waals surface area contributed by atoms with E-state index in [0.29, 0.717) is 16.1 Å².